The second-order valence-electron chi connectivity index (χ2n) is 3.45. The van der Waals surface area contributed by atoms with Gasteiger partial charge < -0.3 is 10.2 Å². The van der Waals surface area contributed by atoms with Gasteiger partial charge in [0.25, 0.3) is 0 Å². The Morgan fingerprint density at radius 1 is 1.41 bits per heavy atom. The lowest BCUT2D eigenvalue weighted by molar-refractivity contribution is -0.146. The van der Waals surface area contributed by atoms with E-state index in [4.69, 9.17) is 16.7 Å². The van der Waals surface area contributed by atoms with Gasteiger partial charge in [0.05, 0.1) is 4.83 Å². The summed E-state index contributed by atoms with van der Waals surface area (Å²) in [4.78, 5) is 22.1. The summed E-state index contributed by atoms with van der Waals surface area (Å²) in [7, 11) is 0. The summed E-state index contributed by atoms with van der Waals surface area (Å²) in [6.07, 6.45) is -1.74. The van der Waals surface area contributed by atoms with Crippen LogP contribution in [0.4, 0.5) is 0 Å². The summed E-state index contributed by atoms with van der Waals surface area (Å²) in [5.41, 5.74) is 0.148. The summed E-state index contributed by atoms with van der Waals surface area (Å²) < 4.78 is 0. The average Bonchev–Trinajstić information content (AvgIpc) is 2.26. The van der Waals surface area contributed by atoms with Crippen molar-refractivity contribution in [2.75, 3.05) is 0 Å². The van der Waals surface area contributed by atoms with Gasteiger partial charge in [0.1, 0.15) is 0 Å². The normalized spacial score (nSPS) is 14.1. The Kier molecular flexibility index (Phi) is 4.68. The molecule has 0 saturated carbocycles. The number of hydrogen-bond acceptors (Lipinski definition) is 3. The standard InChI is InChI=1S/C11H10BrClO4/c1-5(12)9(14)8-4-6(13)2-3-7(8)10(15)11(16)17/h2-5,10,15H,1H3,(H,16,17). The van der Waals surface area contributed by atoms with Crippen LogP contribution < -0.4 is 0 Å². The Labute approximate surface area is 111 Å². The van der Waals surface area contributed by atoms with Crippen LogP contribution in [0.25, 0.3) is 0 Å². The lowest BCUT2D eigenvalue weighted by Crippen LogP contribution is -2.18. The van der Waals surface area contributed by atoms with E-state index in [0.29, 0.717) is 5.02 Å². The van der Waals surface area contributed by atoms with Crippen LogP contribution in [0, 0.1) is 0 Å². The second kappa shape index (κ2) is 5.62. The lowest BCUT2D eigenvalue weighted by Gasteiger charge is -2.13. The predicted molar refractivity (Wildman–Crippen MR) is 66.8 cm³/mol. The first-order valence-electron chi connectivity index (χ1n) is 4.73. The number of ketones is 1. The summed E-state index contributed by atoms with van der Waals surface area (Å²) >= 11 is 8.85. The van der Waals surface area contributed by atoms with Gasteiger partial charge in [-0.1, -0.05) is 33.6 Å². The summed E-state index contributed by atoms with van der Waals surface area (Å²) in [5.74, 6) is -1.74. The summed E-state index contributed by atoms with van der Waals surface area (Å²) in [5, 5.41) is 18.5. The molecule has 0 aliphatic rings. The fourth-order valence-corrected chi connectivity index (χ4v) is 1.75. The van der Waals surface area contributed by atoms with E-state index in [1.807, 2.05) is 0 Å². The largest absolute Gasteiger partial charge is 0.479 e. The summed E-state index contributed by atoms with van der Waals surface area (Å²) in [6.45, 7) is 1.61. The second-order valence-corrected chi connectivity index (χ2v) is 5.26. The van der Waals surface area contributed by atoms with Crippen molar-refractivity contribution >= 4 is 39.3 Å². The zero-order chi connectivity index (χ0) is 13.2. The average molecular weight is 322 g/mol. The number of halogens is 2. The Bertz CT molecular complexity index is 459. The lowest BCUT2D eigenvalue weighted by atomic mass is 9.98. The molecule has 4 nitrogen and oxygen atoms in total. The molecular weight excluding hydrogens is 311 g/mol. The molecule has 0 saturated heterocycles. The number of carbonyl (C=O) groups excluding carboxylic acids is 1. The molecule has 6 heteroatoms. The Balaban J connectivity index is 3.31. The van der Waals surface area contributed by atoms with Crippen LogP contribution >= 0.6 is 27.5 Å². The first-order chi connectivity index (χ1) is 7.84. The van der Waals surface area contributed by atoms with Crippen LogP contribution in [-0.4, -0.2) is 26.8 Å². The van der Waals surface area contributed by atoms with Gasteiger partial charge in [0, 0.05) is 16.1 Å². The topological polar surface area (TPSA) is 74.6 Å². The first kappa shape index (κ1) is 14.2. The molecule has 0 heterocycles. The Morgan fingerprint density at radius 3 is 2.47 bits per heavy atom. The van der Waals surface area contributed by atoms with Gasteiger partial charge in [0.15, 0.2) is 11.9 Å². The zero-order valence-corrected chi connectivity index (χ0v) is 11.2. The van der Waals surface area contributed by atoms with E-state index in [9.17, 15) is 14.7 Å². The van der Waals surface area contributed by atoms with Gasteiger partial charge in [0.2, 0.25) is 0 Å². The van der Waals surface area contributed by atoms with Crippen molar-refractivity contribution in [1.29, 1.82) is 0 Å². The monoisotopic (exact) mass is 320 g/mol. The van der Waals surface area contributed by atoms with Crippen LogP contribution in [0.5, 0.6) is 0 Å². The predicted octanol–water partition coefficient (Wildman–Crippen LogP) is 2.42. The van der Waals surface area contributed by atoms with Gasteiger partial charge >= 0.3 is 5.97 Å². The van der Waals surface area contributed by atoms with Crippen molar-refractivity contribution in [2.24, 2.45) is 0 Å². The van der Waals surface area contributed by atoms with E-state index < -0.39 is 16.9 Å². The Morgan fingerprint density at radius 2 is 2.00 bits per heavy atom. The molecule has 2 unspecified atom stereocenters. The molecule has 0 amide bonds. The fraction of sp³-hybridized carbons (Fsp3) is 0.273. The molecule has 0 fully saturated rings. The summed E-state index contributed by atoms with van der Waals surface area (Å²) in [6, 6.07) is 4.12. The molecule has 1 aromatic rings. The third-order valence-electron chi connectivity index (χ3n) is 2.17. The number of benzene rings is 1. The minimum absolute atomic E-state index is 0.0400. The van der Waals surface area contributed by atoms with Gasteiger partial charge in [-0.05, 0) is 19.1 Å². The van der Waals surface area contributed by atoms with Crippen molar-refractivity contribution in [3.63, 3.8) is 0 Å². The molecule has 2 atom stereocenters. The molecule has 92 valence electrons. The van der Waals surface area contributed by atoms with E-state index in [1.165, 1.54) is 18.2 Å². The maximum atomic E-state index is 11.8. The molecule has 0 bridgehead atoms. The number of aliphatic hydroxyl groups excluding tert-OH is 1. The minimum atomic E-state index is -1.74. The van der Waals surface area contributed by atoms with Crippen LogP contribution in [0.1, 0.15) is 28.9 Å². The maximum absolute atomic E-state index is 11.8. The number of hydrogen-bond donors (Lipinski definition) is 2. The van der Waals surface area contributed by atoms with Crippen LogP contribution in [-0.2, 0) is 4.79 Å². The minimum Gasteiger partial charge on any atom is -0.479 e. The molecule has 1 rings (SSSR count). The molecule has 0 radical (unpaired) electrons. The fourth-order valence-electron chi connectivity index (χ4n) is 1.33. The van der Waals surface area contributed by atoms with E-state index in [-0.39, 0.29) is 16.9 Å². The number of carbonyl (C=O) groups is 2. The van der Waals surface area contributed by atoms with E-state index >= 15 is 0 Å². The van der Waals surface area contributed by atoms with Crippen LogP contribution in [0.3, 0.4) is 0 Å². The molecule has 0 aromatic heterocycles. The van der Waals surface area contributed by atoms with Gasteiger partial charge in [-0.15, -0.1) is 0 Å². The number of rotatable bonds is 4. The highest BCUT2D eigenvalue weighted by Gasteiger charge is 2.24. The van der Waals surface area contributed by atoms with Gasteiger partial charge in [-0.2, -0.15) is 0 Å². The molecule has 17 heavy (non-hydrogen) atoms. The van der Waals surface area contributed by atoms with Crippen molar-refractivity contribution in [2.45, 2.75) is 17.9 Å². The molecule has 0 aliphatic heterocycles. The SMILES string of the molecule is CC(Br)C(=O)c1cc(Cl)ccc1C(O)C(=O)O. The smallest absolute Gasteiger partial charge is 0.337 e. The van der Waals surface area contributed by atoms with Crippen molar-refractivity contribution in [3.8, 4) is 0 Å². The highest BCUT2D eigenvalue weighted by Crippen LogP contribution is 2.25. The number of aliphatic hydroxyl groups is 1. The third-order valence-corrected chi connectivity index (χ3v) is 2.82. The van der Waals surface area contributed by atoms with Crippen LogP contribution in [0.15, 0.2) is 18.2 Å². The molecular formula is C11H10BrClO4. The van der Waals surface area contributed by atoms with Gasteiger partial charge in [-0.25, -0.2) is 4.79 Å². The molecule has 0 spiro atoms. The van der Waals surface area contributed by atoms with Gasteiger partial charge in [-0.3, -0.25) is 4.79 Å². The number of carboxylic acid groups (broad SMARTS) is 1. The van der Waals surface area contributed by atoms with Crippen molar-refractivity contribution in [3.05, 3.63) is 34.3 Å². The number of carboxylic acids is 1. The Hall–Kier alpha value is -0.910. The number of aliphatic carboxylic acids is 1. The molecule has 2 N–H and O–H groups in total. The van der Waals surface area contributed by atoms with E-state index in [0.717, 1.165) is 0 Å². The highest BCUT2D eigenvalue weighted by atomic mass is 79.9. The molecule has 0 aliphatic carbocycles. The molecule has 1 aromatic carbocycles. The number of Topliss-reactive ketones (excluding diaryl/α,β-unsaturated/α-hetero) is 1. The number of alkyl halides is 1. The first-order valence-corrected chi connectivity index (χ1v) is 6.02. The van der Waals surface area contributed by atoms with Crippen molar-refractivity contribution < 1.29 is 19.8 Å². The van der Waals surface area contributed by atoms with E-state index in [1.54, 1.807) is 6.92 Å². The quantitative estimate of drug-likeness (QED) is 0.660. The van der Waals surface area contributed by atoms with Crippen molar-refractivity contribution in [1.82, 2.24) is 0 Å². The third kappa shape index (κ3) is 3.28. The van der Waals surface area contributed by atoms with E-state index in [2.05, 4.69) is 15.9 Å². The zero-order valence-electron chi connectivity index (χ0n) is 8.85. The highest BCUT2D eigenvalue weighted by molar-refractivity contribution is 9.10. The van der Waals surface area contributed by atoms with Crippen LogP contribution in [0.2, 0.25) is 5.02 Å². The maximum Gasteiger partial charge on any atom is 0.337 e.